The maximum Gasteiger partial charge on any atom is 0.343 e. The van der Waals surface area contributed by atoms with Crippen LogP contribution in [0.4, 0.5) is 0 Å². The molecule has 0 saturated heterocycles. The van der Waals surface area contributed by atoms with E-state index in [4.69, 9.17) is 4.74 Å². The lowest BCUT2D eigenvalue weighted by Crippen LogP contribution is -2.08. The number of benzene rings is 2. The van der Waals surface area contributed by atoms with Crippen molar-refractivity contribution in [2.75, 3.05) is 0 Å². The Kier molecular flexibility index (Phi) is 7.12. The normalized spacial score (nSPS) is 11.8. The van der Waals surface area contributed by atoms with E-state index in [1.165, 1.54) is 5.56 Å². The zero-order chi connectivity index (χ0) is 20.6. The fourth-order valence-corrected chi connectivity index (χ4v) is 3.08. The summed E-state index contributed by atoms with van der Waals surface area (Å²) in [5, 5.41) is 0. The van der Waals surface area contributed by atoms with Crippen molar-refractivity contribution in [3.05, 3.63) is 77.6 Å². The Labute approximate surface area is 173 Å². The molecule has 0 bridgehead atoms. The van der Waals surface area contributed by atoms with E-state index in [9.17, 15) is 4.79 Å². The highest BCUT2D eigenvalue weighted by Crippen LogP contribution is 2.19. The fraction of sp³-hybridized carbons (Fsp3) is 0.320. The van der Waals surface area contributed by atoms with Gasteiger partial charge in [0.05, 0.1) is 5.56 Å². The van der Waals surface area contributed by atoms with Gasteiger partial charge in [0.15, 0.2) is 5.82 Å². The van der Waals surface area contributed by atoms with Crippen LogP contribution in [0.3, 0.4) is 0 Å². The van der Waals surface area contributed by atoms with Crippen LogP contribution in [0.1, 0.15) is 55.1 Å². The van der Waals surface area contributed by atoms with Gasteiger partial charge in [-0.1, -0.05) is 57.9 Å². The molecule has 0 fully saturated rings. The minimum Gasteiger partial charge on any atom is -0.423 e. The van der Waals surface area contributed by atoms with Gasteiger partial charge in [0.2, 0.25) is 0 Å². The van der Waals surface area contributed by atoms with Crippen molar-refractivity contribution < 1.29 is 9.53 Å². The molecule has 4 nitrogen and oxygen atoms in total. The number of hydrogen-bond acceptors (Lipinski definition) is 4. The van der Waals surface area contributed by atoms with Crippen LogP contribution in [0.5, 0.6) is 5.75 Å². The molecule has 1 atom stereocenters. The van der Waals surface area contributed by atoms with Gasteiger partial charge < -0.3 is 4.74 Å². The van der Waals surface area contributed by atoms with Gasteiger partial charge in [-0.3, -0.25) is 0 Å². The highest BCUT2D eigenvalue weighted by Gasteiger charge is 2.10. The van der Waals surface area contributed by atoms with E-state index in [1.54, 1.807) is 12.1 Å². The van der Waals surface area contributed by atoms with E-state index in [0.717, 1.165) is 36.8 Å². The quantitative estimate of drug-likeness (QED) is 0.356. The zero-order valence-electron chi connectivity index (χ0n) is 17.4. The summed E-state index contributed by atoms with van der Waals surface area (Å²) >= 11 is 0. The zero-order valence-corrected chi connectivity index (χ0v) is 17.4. The molecule has 1 heterocycles. The fourth-order valence-electron chi connectivity index (χ4n) is 3.08. The lowest BCUT2D eigenvalue weighted by atomic mass is 9.99. The molecular formula is C25H28N2O2. The second-order valence-electron chi connectivity index (χ2n) is 7.49. The lowest BCUT2D eigenvalue weighted by molar-refractivity contribution is 0.0734. The number of aryl methyl sites for hydroxylation is 1. The van der Waals surface area contributed by atoms with E-state index in [0.29, 0.717) is 23.1 Å². The van der Waals surface area contributed by atoms with Gasteiger partial charge in [-0.15, -0.1) is 0 Å². The van der Waals surface area contributed by atoms with Crippen molar-refractivity contribution in [2.45, 2.75) is 46.5 Å². The van der Waals surface area contributed by atoms with Crippen LogP contribution in [0, 0.1) is 5.92 Å². The van der Waals surface area contributed by atoms with Gasteiger partial charge in [-0.25, -0.2) is 14.8 Å². The van der Waals surface area contributed by atoms with Crippen molar-refractivity contribution in [1.29, 1.82) is 0 Å². The molecular weight excluding hydrogens is 360 g/mol. The van der Waals surface area contributed by atoms with E-state index in [-0.39, 0.29) is 5.97 Å². The molecule has 0 amide bonds. The molecule has 29 heavy (non-hydrogen) atoms. The third kappa shape index (κ3) is 5.74. The maximum atomic E-state index is 12.4. The lowest BCUT2D eigenvalue weighted by Gasteiger charge is -2.09. The van der Waals surface area contributed by atoms with Crippen LogP contribution in [-0.2, 0) is 12.8 Å². The molecule has 0 aliphatic carbocycles. The summed E-state index contributed by atoms with van der Waals surface area (Å²) in [6.07, 6.45) is 7.95. The van der Waals surface area contributed by atoms with Gasteiger partial charge in [-0.2, -0.15) is 0 Å². The van der Waals surface area contributed by atoms with E-state index in [1.807, 2.05) is 48.8 Å². The van der Waals surface area contributed by atoms with Crippen molar-refractivity contribution in [2.24, 2.45) is 5.92 Å². The Hall–Kier alpha value is -3.01. The summed E-state index contributed by atoms with van der Waals surface area (Å²) in [5.41, 5.74) is 3.76. The van der Waals surface area contributed by atoms with Gasteiger partial charge in [0, 0.05) is 18.0 Å². The van der Waals surface area contributed by atoms with E-state index in [2.05, 4.69) is 30.7 Å². The predicted molar refractivity (Wildman–Crippen MR) is 116 cm³/mol. The Morgan fingerprint density at radius 2 is 1.59 bits per heavy atom. The Morgan fingerprint density at radius 1 is 0.931 bits per heavy atom. The van der Waals surface area contributed by atoms with Crippen LogP contribution in [0.25, 0.3) is 11.4 Å². The number of nitrogens with zero attached hydrogens (tertiary/aromatic N) is 2. The Bertz CT molecular complexity index is 917. The average Bonchev–Trinajstić information content (AvgIpc) is 2.76. The molecule has 1 aromatic heterocycles. The summed E-state index contributed by atoms with van der Waals surface area (Å²) in [6.45, 7) is 6.56. The molecule has 0 unspecified atom stereocenters. The monoisotopic (exact) mass is 388 g/mol. The molecule has 3 aromatic rings. The van der Waals surface area contributed by atoms with Crippen molar-refractivity contribution >= 4 is 5.97 Å². The smallest absolute Gasteiger partial charge is 0.343 e. The highest BCUT2D eigenvalue weighted by molar-refractivity contribution is 5.91. The minimum absolute atomic E-state index is 0.370. The van der Waals surface area contributed by atoms with Crippen LogP contribution in [0.2, 0.25) is 0 Å². The number of ether oxygens (including phenoxy) is 1. The third-order valence-corrected chi connectivity index (χ3v) is 5.04. The predicted octanol–water partition coefficient (Wildman–Crippen LogP) is 5.90. The van der Waals surface area contributed by atoms with Gasteiger partial charge >= 0.3 is 5.97 Å². The standard InChI is InChI=1S/C25H28N2O2/c1-4-6-20-16-26-24(27-17-20)21-9-11-22(12-10-21)25(28)29-23-13-7-19(8-14-23)15-18(3)5-2/h7-14,16-18H,4-6,15H2,1-3H3/t18-/m0/s1. The number of hydrogen-bond donors (Lipinski definition) is 0. The first-order valence-electron chi connectivity index (χ1n) is 10.3. The number of carbonyl (C=O) groups is 1. The molecule has 0 spiro atoms. The van der Waals surface area contributed by atoms with Crippen molar-refractivity contribution in [3.8, 4) is 17.1 Å². The highest BCUT2D eigenvalue weighted by atomic mass is 16.5. The molecule has 0 aliphatic heterocycles. The molecule has 0 radical (unpaired) electrons. The second-order valence-corrected chi connectivity index (χ2v) is 7.49. The van der Waals surface area contributed by atoms with Crippen LogP contribution >= 0.6 is 0 Å². The van der Waals surface area contributed by atoms with Crippen molar-refractivity contribution in [1.82, 2.24) is 9.97 Å². The van der Waals surface area contributed by atoms with Gasteiger partial charge in [0.25, 0.3) is 0 Å². The minimum atomic E-state index is -0.370. The molecule has 0 N–H and O–H groups in total. The summed E-state index contributed by atoms with van der Waals surface area (Å²) in [5.74, 6) is 1.49. The molecule has 0 saturated carbocycles. The number of aromatic nitrogens is 2. The number of rotatable bonds is 8. The molecule has 3 rings (SSSR count). The Balaban J connectivity index is 1.62. The SMILES string of the molecule is CCCc1cnc(-c2ccc(C(=O)Oc3ccc(C[C@@H](C)CC)cc3)cc2)nc1. The van der Waals surface area contributed by atoms with E-state index < -0.39 is 0 Å². The third-order valence-electron chi connectivity index (χ3n) is 5.04. The average molecular weight is 389 g/mol. The van der Waals surface area contributed by atoms with Gasteiger partial charge in [0.1, 0.15) is 5.75 Å². The number of carbonyl (C=O) groups excluding carboxylic acids is 1. The molecule has 150 valence electrons. The number of esters is 1. The summed E-state index contributed by atoms with van der Waals surface area (Å²) in [4.78, 5) is 21.3. The Morgan fingerprint density at radius 3 is 2.17 bits per heavy atom. The van der Waals surface area contributed by atoms with Crippen LogP contribution < -0.4 is 4.74 Å². The summed E-state index contributed by atoms with van der Waals surface area (Å²) in [7, 11) is 0. The summed E-state index contributed by atoms with van der Waals surface area (Å²) in [6, 6.07) is 15.0. The molecule has 4 heteroatoms. The maximum absolute atomic E-state index is 12.4. The van der Waals surface area contributed by atoms with Crippen LogP contribution in [0.15, 0.2) is 60.9 Å². The molecule has 0 aliphatic rings. The first-order valence-corrected chi connectivity index (χ1v) is 10.3. The topological polar surface area (TPSA) is 52.1 Å². The van der Waals surface area contributed by atoms with Crippen molar-refractivity contribution in [3.63, 3.8) is 0 Å². The largest absolute Gasteiger partial charge is 0.423 e. The van der Waals surface area contributed by atoms with Gasteiger partial charge in [-0.05, 0) is 54.2 Å². The first kappa shape index (κ1) is 20.7. The first-order chi connectivity index (χ1) is 14.1. The van der Waals surface area contributed by atoms with Crippen LogP contribution in [-0.4, -0.2) is 15.9 Å². The molecule has 2 aromatic carbocycles. The second kappa shape index (κ2) is 9.97. The summed E-state index contributed by atoms with van der Waals surface area (Å²) < 4.78 is 5.50. The van der Waals surface area contributed by atoms with E-state index >= 15 is 0 Å².